The van der Waals surface area contributed by atoms with Crippen molar-refractivity contribution in [3.05, 3.63) is 70.9 Å². The fourth-order valence-electron chi connectivity index (χ4n) is 4.08. The molecule has 1 atom stereocenters. The largest absolute Gasteiger partial charge is 0.494 e. The van der Waals surface area contributed by atoms with Crippen molar-refractivity contribution in [2.24, 2.45) is 0 Å². The Kier molecular flexibility index (Phi) is 5.14. The number of fused-ring (bicyclic) bond motifs is 1. The van der Waals surface area contributed by atoms with Crippen molar-refractivity contribution in [2.75, 3.05) is 6.61 Å². The molecule has 0 spiro atoms. The average molecular weight is 404 g/mol. The molecule has 1 N–H and O–H groups in total. The summed E-state index contributed by atoms with van der Waals surface area (Å²) in [6.07, 6.45) is 0.948. The predicted octanol–water partition coefficient (Wildman–Crippen LogP) is 5.52. The molecule has 0 radical (unpaired) electrons. The molecule has 1 aliphatic heterocycles. The molecule has 0 bridgehead atoms. The molecule has 1 unspecified atom stereocenters. The Morgan fingerprint density at radius 3 is 2.53 bits per heavy atom. The first-order valence-corrected chi connectivity index (χ1v) is 10.5. The molecule has 0 saturated heterocycles. The highest BCUT2D eigenvalue weighted by molar-refractivity contribution is 6.00. The van der Waals surface area contributed by atoms with E-state index >= 15 is 0 Å². The van der Waals surface area contributed by atoms with Gasteiger partial charge in [-0.25, -0.2) is 0 Å². The molecule has 2 heterocycles. The van der Waals surface area contributed by atoms with Crippen LogP contribution in [-0.4, -0.2) is 33.2 Å². The van der Waals surface area contributed by atoms with Crippen molar-refractivity contribution in [3.63, 3.8) is 0 Å². The first kappa shape index (κ1) is 20.2. The van der Waals surface area contributed by atoms with E-state index in [1.807, 2.05) is 23.1 Å². The van der Waals surface area contributed by atoms with Crippen LogP contribution in [0.5, 0.6) is 5.75 Å². The quantitative estimate of drug-likeness (QED) is 0.610. The molecule has 0 fully saturated rings. The third kappa shape index (κ3) is 3.49. The van der Waals surface area contributed by atoms with E-state index < -0.39 is 0 Å². The number of H-pyrrole nitrogens is 1. The highest BCUT2D eigenvalue weighted by Crippen LogP contribution is 2.46. The molecule has 0 saturated carbocycles. The number of hydrogen-bond acceptors (Lipinski definition) is 3. The second kappa shape index (κ2) is 7.63. The highest BCUT2D eigenvalue weighted by atomic mass is 16.5. The van der Waals surface area contributed by atoms with Crippen LogP contribution in [0.1, 0.15) is 67.3 Å². The third-order valence-electron chi connectivity index (χ3n) is 5.46. The van der Waals surface area contributed by atoms with Crippen LogP contribution in [0, 0.1) is 6.92 Å². The van der Waals surface area contributed by atoms with Crippen LogP contribution in [-0.2, 0) is 0 Å². The van der Waals surface area contributed by atoms with Crippen molar-refractivity contribution >= 4 is 5.91 Å². The van der Waals surface area contributed by atoms with Gasteiger partial charge < -0.3 is 9.64 Å². The van der Waals surface area contributed by atoms with Crippen molar-refractivity contribution < 1.29 is 9.53 Å². The van der Waals surface area contributed by atoms with Crippen LogP contribution in [0.15, 0.2) is 48.5 Å². The van der Waals surface area contributed by atoms with E-state index in [0.717, 1.165) is 34.6 Å². The maximum atomic E-state index is 13.4. The molecule has 1 amide bonds. The SMILES string of the molecule is CCCOc1cccc(C2c3c(-c4ccc(C)cc4)n[nH]c3C(=O)N2C(C)(C)C)c1. The van der Waals surface area contributed by atoms with Gasteiger partial charge in [0.15, 0.2) is 0 Å². The maximum absolute atomic E-state index is 13.4. The van der Waals surface area contributed by atoms with E-state index in [4.69, 9.17) is 4.74 Å². The van der Waals surface area contributed by atoms with Crippen LogP contribution in [0.2, 0.25) is 0 Å². The molecule has 30 heavy (non-hydrogen) atoms. The van der Waals surface area contributed by atoms with Gasteiger partial charge >= 0.3 is 0 Å². The number of amides is 1. The zero-order valence-electron chi connectivity index (χ0n) is 18.3. The molecule has 0 aliphatic carbocycles. The van der Waals surface area contributed by atoms with Crippen LogP contribution >= 0.6 is 0 Å². The molecule has 5 heteroatoms. The fraction of sp³-hybridized carbons (Fsp3) is 0.360. The Morgan fingerprint density at radius 2 is 1.87 bits per heavy atom. The van der Waals surface area contributed by atoms with Gasteiger partial charge in [-0.3, -0.25) is 9.89 Å². The van der Waals surface area contributed by atoms with Gasteiger partial charge in [0.1, 0.15) is 11.4 Å². The van der Waals surface area contributed by atoms with Crippen LogP contribution in [0.3, 0.4) is 0 Å². The molecule has 3 aromatic rings. The van der Waals surface area contributed by atoms with Gasteiger partial charge in [-0.2, -0.15) is 5.10 Å². The van der Waals surface area contributed by atoms with Crippen molar-refractivity contribution in [2.45, 2.75) is 52.6 Å². The molecular formula is C25H29N3O2. The lowest BCUT2D eigenvalue weighted by molar-refractivity contribution is 0.0545. The number of aromatic nitrogens is 2. The third-order valence-corrected chi connectivity index (χ3v) is 5.46. The van der Waals surface area contributed by atoms with Gasteiger partial charge in [0, 0.05) is 16.7 Å². The summed E-state index contributed by atoms with van der Waals surface area (Å²) in [5.41, 5.74) is 5.21. The zero-order chi connectivity index (χ0) is 21.5. The van der Waals surface area contributed by atoms with Gasteiger partial charge in [0.05, 0.1) is 18.3 Å². The van der Waals surface area contributed by atoms with E-state index in [1.165, 1.54) is 5.56 Å². The van der Waals surface area contributed by atoms with Crippen LogP contribution < -0.4 is 4.74 Å². The molecule has 156 valence electrons. The minimum absolute atomic E-state index is 0.0201. The van der Waals surface area contributed by atoms with Gasteiger partial charge in [0.2, 0.25) is 0 Å². The predicted molar refractivity (Wildman–Crippen MR) is 119 cm³/mol. The van der Waals surface area contributed by atoms with E-state index in [1.54, 1.807) is 0 Å². The van der Waals surface area contributed by atoms with Gasteiger partial charge in [-0.05, 0) is 51.8 Å². The van der Waals surface area contributed by atoms with Gasteiger partial charge in [0.25, 0.3) is 5.91 Å². The Bertz CT molecular complexity index is 1060. The first-order valence-electron chi connectivity index (χ1n) is 10.5. The average Bonchev–Trinajstić information content (AvgIpc) is 3.26. The molecule has 1 aromatic heterocycles. The number of rotatable bonds is 5. The van der Waals surface area contributed by atoms with Gasteiger partial charge in [-0.15, -0.1) is 0 Å². The maximum Gasteiger partial charge on any atom is 0.273 e. The summed E-state index contributed by atoms with van der Waals surface area (Å²) < 4.78 is 5.87. The summed E-state index contributed by atoms with van der Waals surface area (Å²) in [5, 5.41) is 7.58. The fourth-order valence-corrected chi connectivity index (χ4v) is 4.08. The van der Waals surface area contributed by atoms with Crippen molar-refractivity contribution in [1.29, 1.82) is 0 Å². The number of hydrogen-bond donors (Lipinski definition) is 1. The number of carbonyl (C=O) groups excluding carboxylic acids is 1. The van der Waals surface area contributed by atoms with Crippen LogP contribution in [0.25, 0.3) is 11.3 Å². The zero-order valence-corrected chi connectivity index (χ0v) is 18.3. The summed E-state index contributed by atoms with van der Waals surface area (Å²) in [7, 11) is 0. The Morgan fingerprint density at radius 1 is 1.13 bits per heavy atom. The van der Waals surface area contributed by atoms with E-state index in [-0.39, 0.29) is 17.5 Å². The van der Waals surface area contributed by atoms with Crippen molar-refractivity contribution in [1.82, 2.24) is 15.1 Å². The smallest absolute Gasteiger partial charge is 0.273 e. The summed E-state index contributed by atoms with van der Waals surface area (Å²) in [6, 6.07) is 16.1. The number of benzene rings is 2. The van der Waals surface area contributed by atoms with E-state index in [0.29, 0.717) is 12.3 Å². The number of nitrogens with zero attached hydrogens (tertiary/aromatic N) is 2. The summed E-state index contributed by atoms with van der Waals surface area (Å²) in [6.45, 7) is 11.0. The van der Waals surface area contributed by atoms with Crippen LogP contribution in [0.4, 0.5) is 0 Å². The van der Waals surface area contributed by atoms with Gasteiger partial charge in [-0.1, -0.05) is 48.9 Å². The minimum atomic E-state index is -0.355. The van der Waals surface area contributed by atoms with E-state index in [9.17, 15) is 4.79 Å². The summed E-state index contributed by atoms with van der Waals surface area (Å²) in [4.78, 5) is 15.4. The Hall–Kier alpha value is -3.08. The number of carbonyl (C=O) groups is 1. The number of aromatic amines is 1. The lowest BCUT2D eigenvalue weighted by atomic mass is 9.93. The van der Waals surface area contributed by atoms with E-state index in [2.05, 4.69) is 75.1 Å². The number of nitrogens with one attached hydrogen (secondary N) is 1. The lowest BCUT2D eigenvalue weighted by Gasteiger charge is -2.37. The highest BCUT2D eigenvalue weighted by Gasteiger charge is 2.46. The normalized spacial score (nSPS) is 16.1. The molecular weight excluding hydrogens is 374 g/mol. The Balaban J connectivity index is 1.87. The second-order valence-electron chi connectivity index (χ2n) is 8.90. The topological polar surface area (TPSA) is 58.2 Å². The molecule has 4 rings (SSSR count). The molecule has 1 aliphatic rings. The molecule has 5 nitrogen and oxygen atoms in total. The van der Waals surface area contributed by atoms with Crippen molar-refractivity contribution in [3.8, 4) is 17.0 Å². The minimum Gasteiger partial charge on any atom is -0.494 e. The summed E-state index contributed by atoms with van der Waals surface area (Å²) in [5.74, 6) is 0.803. The standard InChI is InChI=1S/C25H29N3O2/c1-6-14-30-19-9-7-8-18(15-19)23-20-21(17-12-10-16(2)11-13-17)26-27-22(20)24(29)28(23)25(3,4)5/h7-13,15,23H,6,14H2,1-5H3,(H,26,27). The number of aryl methyl sites for hydroxylation is 1. The second-order valence-corrected chi connectivity index (χ2v) is 8.90. The Labute approximate surface area is 178 Å². The first-order chi connectivity index (χ1) is 14.3. The number of ether oxygens (including phenoxy) is 1. The summed E-state index contributed by atoms with van der Waals surface area (Å²) >= 11 is 0. The lowest BCUT2D eigenvalue weighted by Crippen LogP contribution is -2.44. The molecule has 2 aromatic carbocycles. The monoisotopic (exact) mass is 403 g/mol.